The number of hydrogen-bond donors (Lipinski definition) is 1. The standard InChI is InChI=1S/C23H25Cl2N3O4S/c24-18-6-5-17(21(25)13-18)15-33(31,32)27-11-1-3-16(14-27)23(30)26-19-7-9-20(10-8-19)28-12-2-4-22(28)29/h5-10,13,16H,1-4,11-12,14-15H2,(H,26,30)/t16-/m0/s1. The lowest BCUT2D eigenvalue weighted by molar-refractivity contribution is -0.121. The Hall–Kier alpha value is -2.13. The van der Waals surface area contributed by atoms with E-state index in [1.165, 1.54) is 10.4 Å². The molecule has 2 fully saturated rings. The Bertz CT molecular complexity index is 1150. The van der Waals surface area contributed by atoms with Gasteiger partial charge in [0.2, 0.25) is 21.8 Å². The number of nitrogens with one attached hydrogen (secondary N) is 1. The Labute approximate surface area is 203 Å². The first-order valence-corrected chi connectivity index (χ1v) is 13.2. The van der Waals surface area contributed by atoms with Crippen molar-refractivity contribution in [2.24, 2.45) is 5.92 Å². The minimum atomic E-state index is -3.64. The number of nitrogens with zero attached hydrogens (tertiary/aromatic N) is 2. The molecule has 0 bridgehead atoms. The van der Waals surface area contributed by atoms with E-state index in [1.807, 2.05) is 12.1 Å². The van der Waals surface area contributed by atoms with Crippen molar-refractivity contribution in [1.82, 2.24) is 4.31 Å². The van der Waals surface area contributed by atoms with Gasteiger partial charge in [-0.3, -0.25) is 9.59 Å². The van der Waals surface area contributed by atoms with Crippen LogP contribution >= 0.6 is 23.2 Å². The van der Waals surface area contributed by atoms with E-state index >= 15 is 0 Å². The van der Waals surface area contributed by atoms with Crippen LogP contribution in [0.4, 0.5) is 11.4 Å². The van der Waals surface area contributed by atoms with Crippen molar-refractivity contribution in [2.45, 2.75) is 31.4 Å². The molecule has 7 nitrogen and oxygen atoms in total. The van der Waals surface area contributed by atoms with E-state index in [1.54, 1.807) is 29.2 Å². The molecule has 0 aliphatic carbocycles. The van der Waals surface area contributed by atoms with Gasteiger partial charge in [-0.05, 0) is 61.2 Å². The Kier molecular flexibility index (Phi) is 7.28. The Balaban J connectivity index is 1.38. The van der Waals surface area contributed by atoms with Crippen molar-refractivity contribution in [3.05, 3.63) is 58.1 Å². The molecule has 176 valence electrons. The summed E-state index contributed by atoms with van der Waals surface area (Å²) in [6.45, 7) is 1.20. The van der Waals surface area contributed by atoms with Crippen molar-refractivity contribution in [3.8, 4) is 0 Å². The van der Waals surface area contributed by atoms with E-state index in [4.69, 9.17) is 23.2 Å². The fraction of sp³-hybridized carbons (Fsp3) is 0.391. The molecule has 2 aromatic carbocycles. The van der Waals surface area contributed by atoms with Gasteiger partial charge in [-0.15, -0.1) is 0 Å². The highest BCUT2D eigenvalue weighted by atomic mass is 35.5. The quantitative estimate of drug-likeness (QED) is 0.628. The maximum Gasteiger partial charge on any atom is 0.228 e. The van der Waals surface area contributed by atoms with Gasteiger partial charge in [0.15, 0.2) is 0 Å². The minimum Gasteiger partial charge on any atom is -0.326 e. The monoisotopic (exact) mass is 509 g/mol. The molecule has 10 heteroatoms. The topological polar surface area (TPSA) is 86.8 Å². The molecule has 0 radical (unpaired) electrons. The Morgan fingerprint density at radius 3 is 2.48 bits per heavy atom. The number of halogens is 2. The van der Waals surface area contributed by atoms with Crippen LogP contribution in [0, 0.1) is 5.92 Å². The van der Waals surface area contributed by atoms with Gasteiger partial charge in [-0.25, -0.2) is 12.7 Å². The highest BCUT2D eigenvalue weighted by Crippen LogP contribution is 2.27. The molecule has 2 aromatic rings. The predicted octanol–water partition coefficient (Wildman–Crippen LogP) is 4.30. The second-order valence-corrected chi connectivity index (χ2v) is 11.2. The van der Waals surface area contributed by atoms with Crippen LogP contribution in [0.3, 0.4) is 0 Å². The lowest BCUT2D eigenvalue weighted by Crippen LogP contribution is -2.44. The first-order valence-electron chi connectivity index (χ1n) is 10.9. The maximum absolute atomic E-state index is 13.0. The van der Waals surface area contributed by atoms with E-state index in [-0.39, 0.29) is 24.1 Å². The van der Waals surface area contributed by atoms with Crippen LogP contribution in [0.2, 0.25) is 10.0 Å². The lowest BCUT2D eigenvalue weighted by atomic mass is 9.98. The molecule has 0 saturated carbocycles. The van der Waals surface area contributed by atoms with Gasteiger partial charge in [-0.2, -0.15) is 0 Å². The number of carbonyl (C=O) groups excluding carboxylic acids is 2. The highest BCUT2D eigenvalue weighted by Gasteiger charge is 2.33. The van der Waals surface area contributed by atoms with Crippen LogP contribution in [-0.4, -0.2) is 44.2 Å². The first-order chi connectivity index (χ1) is 15.7. The van der Waals surface area contributed by atoms with Gasteiger partial charge < -0.3 is 10.2 Å². The summed E-state index contributed by atoms with van der Waals surface area (Å²) >= 11 is 12.1. The van der Waals surface area contributed by atoms with Crippen LogP contribution in [0.25, 0.3) is 0 Å². The number of anilines is 2. The van der Waals surface area contributed by atoms with Crippen LogP contribution in [-0.2, 0) is 25.4 Å². The zero-order valence-electron chi connectivity index (χ0n) is 18.0. The molecule has 2 aliphatic rings. The summed E-state index contributed by atoms with van der Waals surface area (Å²) in [6, 6.07) is 11.9. The normalized spacial score (nSPS) is 19.6. The summed E-state index contributed by atoms with van der Waals surface area (Å²) in [6.07, 6.45) is 2.62. The van der Waals surface area contributed by atoms with Crippen LogP contribution < -0.4 is 10.2 Å². The average molecular weight is 510 g/mol. The molecule has 2 saturated heterocycles. The number of rotatable bonds is 6. The summed E-state index contributed by atoms with van der Waals surface area (Å²) in [7, 11) is -3.64. The van der Waals surface area contributed by atoms with E-state index in [0.29, 0.717) is 53.6 Å². The highest BCUT2D eigenvalue weighted by molar-refractivity contribution is 7.88. The third kappa shape index (κ3) is 5.69. The number of hydrogen-bond acceptors (Lipinski definition) is 4. The van der Waals surface area contributed by atoms with Gasteiger partial charge in [0.05, 0.1) is 11.7 Å². The third-order valence-corrected chi connectivity index (χ3v) is 8.40. The van der Waals surface area contributed by atoms with E-state index in [9.17, 15) is 18.0 Å². The van der Waals surface area contributed by atoms with Gasteiger partial charge in [0.25, 0.3) is 0 Å². The number of benzene rings is 2. The zero-order chi connectivity index (χ0) is 23.6. The van der Waals surface area contributed by atoms with E-state index in [0.717, 1.165) is 12.1 Å². The lowest BCUT2D eigenvalue weighted by Gasteiger charge is -2.31. The summed E-state index contributed by atoms with van der Waals surface area (Å²) < 4.78 is 27.3. The van der Waals surface area contributed by atoms with Crippen LogP contribution in [0.5, 0.6) is 0 Å². The molecular formula is C23H25Cl2N3O4S. The molecule has 2 heterocycles. The number of amides is 2. The van der Waals surface area contributed by atoms with Gasteiger partial charge in [0.1, 0.15) is 0 Å². The molecular weight excluding hydrogens is 485 g/mol. The van der Waals surface area contributed by atoms with Crippen molar-refractivity contribution in [2.75, 3.05) is 29.9 Å². The molecule has 1 atom stereocenters. The van der Waals surface area contributed by atoms with E-state index in [2.05, 4.69) is 5.32 Å². The van der Waals surface area contributed by atoms with Crippen molar-refractivity contribution >= 4 is 56.4 Å². The molecule has 0 aromatic heterocycles. The van der Waals surface area contributed by atoms with Gasteiger partial charge in [0, 0.05) is 47.5 Å². The molecule has 0 spiro atoms. The Morgan fingerprint density at radius 2 is 1.82 bits per heavy atom. The van der Waals surface area contributed by atoms with Crippen LogP contribution in [0.1, 0.15) is 31.2 Å². The molecule has 0 unspecified atom stereocenters. The number of carbonyl (C=O) groups is 2. The van der Waals surface area contributed by atoms with Gasteiger partial charge >= 0.3 is 0 Å². The number of piperidine rings is 1. The fourth-order valence-corrected chi connectivity index (χ4v) is 6.42. The van der Waals surface area contributed by atoms with Gasteiger partial charge in [-0.1, -0.05) is 29.3 Å². The second-order valence-electron chi connectivity index (χ2n) is 8.37. The summed E-state index contributed by atoms with van der Waals surface area (Å²) in [5, 5.41) is 3.62. The molecule has 2 aliphatic heterocycles. The fourth-order valence-electron chi connectivity index (χ4n) is 4.23. The maximum atomic E-state index is 13.0. The first kappa shape index (κ1) is 24.0. The third-order valence-electron chi connectivity index (χ3n) is 6.02. The van der Waals surface area contributed by atoms with Crippen molar-refractivity contribution in [1.29, 1.82) is 0 Å². The molecule has 2 amide bonds. The predicted molar refractivity (Wildman–Crippen MR) is 130 cm³/mol. The summed E-state index contributed by atoms with van der Waals surface area (Å²) in [5.41, 5.74) is 1.90. The summed E-state index contributed by atoms with van der Waals surface area (Å²) in [4.78, 5) is 26.5. The minimum absolute atomic E-state index is 0.107. The largest absolute Gasteiger partial charge is 0.326 e. The Morgan fingerprint density at radius 1 is 1.06 bits per heavy atom. The van der Waals surface area contributed by atoms with Crippen molar-refractivity contribution in [3.63, 3.8) is 0 Å². The van der Waals surface area contributed by atoms with Crippen LogP contribution in [0.15, 0.2) is 42.5 Å². The smallest absolute Gasteiger partial charge is 0.228 e. The molecule has 33 heavy (non-hydrogen) atoms. The van der Waals surface area contributed by atoms with E-state index < -0.39 is 15.9 Å². The zero-order valence-corrected chi connectivity index (χ0v) is 20.3. The molecule has 4 rings (SSSR count). The summed E-state index contributed by atoms with van der Waals surface area (Å²) in [5.74, 6) is -0.803. The average Bonchev–Trinajstić information content (AvgIpc) is 3.22. The number of sulfonamides is 1. The molecule has 1 N–H and O–H groups in total. The SMILES string of the molecule is O=C(Nc1ccc(N2CCCC2=O)cc1)[C@H]1CCCN(S(=O)(=O)Cc2ccc(Cl)cc2Cl)C1. The second kappa shape index (κ2) is 10.0. The van der Waals surface area contributed by atoms with Crippen molar-refractivity contribution < 1.29 is 18.0 Å².